The van der Waals surface area contributed by atoms with Crippen LogP contribution in [0.1, 0.15) is 47.0 Å². The number of thiophene rings is 1. The number of nitrogens with zero attached hydrogens (tertiary/aromatic N) is 3. The zero-order chi connectivity index (χ0) is 17.2. The van der Waals surface area contributed by atoms with E-state index in [0.29, 0.717) is 0 Å². The van der Waals surface area contributed by atoms with Gasteiger partial charge in [0.2, 0.25) is 5.95 Å². The molecule has 4 rings (SSSR count). The van der Waals surface area contributed by atoms with Crippen LogP contribution in [0, 0.1) is 5.92 Å². The van der Waals surface area contributed by atoms with Gasteiger partial charge in [0, 0.05) is 41.8 Å². The van der Waals surface area contributed by atoms with Crippen LogP contribution < -0.4 is 10.2 Å². The van der Waals surface area contributed by atoms with Crippen molar-refractivity contribution in [2.45, 2.75) is 45.1 Å². The molecule has 2 aliphatic rings. The predicted molar refractivity (Wildman–Crippen MR) is 100 cm³/mol. The molecule has 1 fully saturated rings. The number of rotatable bonds is 3. The van der Waals surface area contributed by atoms with Crippen LogP contribution in [-0.2, 0) is 12.8 Å². The second-order valence-electron chi connectivity index (χ2n) is 7.21. The summed E-state index contributed by atoms with van der Waals surface area (Å²) in [5.74, 6) is 1.58. The zero-order valence-corrected chi connectivity index (χ0v) is 15.4. The molecule has 0 bridgehead atoms. The third kappa shape index (κ3) is 3.54. The highest BCUT2D eigenvalue weighted by Gasteiger charge is 2.27. The molecule has 2 aromatic heterocycles. The van der Waals surface area contributed by atoms with Crippen LogP contribution in [0.25, 0.3) is 0 Å². The zero-order valence-electron chi connectivity index (χ0n) is 14.6. The fraction of sp³-hybridized carbons (Fsp3) is 0.526. The highest BCUT2D eigenvalue weighted by atomic mass is 32.1. The molecule has 3 heterocycles. The Bertz CT molecular complexity index is 745. The molecule has 2 unspecified atom stereocenters. The second kappa shape index (κ2) is 7.12. The van der Waals surface area contributed by atoms with Gasteiger partial charge in [0.05, 0.1) is 5.56 Å². The number of piperidine rings is 1. The Balaban J connectivity index is 1.43. The van der Waals surface area contributed by atoms with E-state index < -0.39 is 0 Å². The molecule has 6 heteroatoms. The Hall–Kier alpha value is -1.95. The lowest BCUT2D eigenvalue weighted by Crippen LogP contribution is -2.48. The van der Waals surface area contributed by atoms with E-state index in [1.807, 2.05) is 6.07 Å². The van der Waals surface area contributed by atoms with Gasteiger partial charge >= 0.3 is 0 Å². The number of anilines is 1. The molecule has 2 atom stereocenters. The maximum Gasteiger partial charge on any atom is 0.252 e. The van der Waals surface area contributed by atoms with E-state index >= 15 is 0 Å². The van der Waals surface area contributed by atoms with Crippen molar-refractivity contribution in [1.82, 2.24) is 15.3 Å². The van der Waals surface area contributed by atoms with Gasteiger partial charge in [0.1, 0.15) is 0 Å². The number of nitrogens with one attached hydrogen (secondary N) is 1. The minimum absolute atomic E-state index is 0.0906. The fourth-order valence-corrected chi connectivity index (χ4v) is 5.11. The SMILES string of the molecule is CC1CCc2c(C(=O)NC3CCCN(c4ncccn4)C3)csc2C1. The van der Waals surface area contributed by atoms with Gasteiger partial charge in [-0.2, -0.15) is 0 Å². The summed E-state index contributed by atoms with van der Waals surface area (Å²) < 4.78 is 0. The normalized spacial score (nSPS) is 23.2. The number of carbonyl (C=O) groups is 1. The number of carbonyl (C=O) groups excluding carboxylic acids is 1. The molecule has 1 N–H and O–H groups in total. The van der Waals surface area contributed by atoms with Crippen molar-refractivity contribution in [3.05, 3.63) is 39.8 Å². The van der Waals surface area contributed by atoms with Gasteiger partial charge in [-0.1, -0.05) is 6.92 Å². The molecule has 1 aliphatic heterocycles. The smallest absolute Gasteiger partial charge is 0.252 e. The van der Waals surface area contributed by atoms with Crippen molar-refractivity contribution in [2.75, 3.05) is 18.0 Å². The highest BCUT2D eigenvalue weighted by molar-refractivity contribution is 7.10. The van der Waals surface area contributed by atoms with Crippen molar-refractivity contribution in [3.8, 4) is 0 Å². The third-order valence-corrected chi connectivity index (χ3v) is 6.29. The second-order valence-corrected chi connectivity index (χ2v) is 8.17. The lowest BCUT2D eigenvalue weighted by Gasteiger charge is -2.33. The van der Waals surface area contributed by atoms with E-state index in [9.17, 15) is 4.79 Å². The molecule has 2 aromatic rings. The summed E-state index contributed by atoms with van der Waals surface area (Å²) in [5, 5.41) is 5.31. The van der Waals surface area contributed by atoms with Crippen molar-refractivity contribution in [1.29, 1.82) is 0 Å². The Labute approximate surface area is 152 Å². The van der Waals surface area contributed by atoms with Crippen LogP contribution in [0.2, 0.25) is 0 Å². The standard InChI is InChI=1S/C19H24N4OS/c1-13-5-6-15-16(12-25-17(15)10-13)18(24)22-14-4-2-9-23(11-14)19-20-7-3-8-21-19/h3,7-8,12-14H,2,4-6,9-11H2,1H3,(H,22,24). The van der Waals surface area contributed by atoms with E-state index in [-0.39, 0.29) is 11.9 Å². The summed E-state index contributed by atoms with van der Waals surface area (Å²) in [6.07, 6.45) is 8.94. The average Bonchev–Trinajstić information content (AvgIpc) is 3.06. The van der Waals surface area contributed by atoms with Crippen LogP contribution >= 0.6 is 11.3 Å². The molecule has 132 valence electrons. The maximum absolute atomic E-state index is 12.8. The Morgan fingerprint density at radius 1 is 1.32 bits per heavy atom. The molecule has 1 amide bonds. The first kappa shape index (κ1) is 16.5. The fourth-order valence-electron chi connectivity index (χ4n) is 3.86. The first-order valence-corrected chi connectivity index (χ1v) is 10.0. The lowest BCUT2D eigenvalue weighted by atomic mass is 9.88. The molecule has 1 aliphatic carbocycles. The molecule has 0 saturated carbocycles. The molecule has 0 radical (unpaired) electrons. The molecular weight excluding hydrogens is 332 g/mol. The number of fused-ring (bicyclic) bond motifs is 1. The van der Waals surface area contributed by atoms with Gasteiger partial charge in [-0.15, -0.1) is 11.3 Å². The number of amides is 1. The number of aromatic nitrogens is 2. The Morgan fingerprint density at radius 2 is 2.16 bits per heavy atom. The van der Waals surface area contributed by atoms with Crippen molar-refractivity contribution >= 4 is 23.2 Å². The molecule has 1 saturated heterocycles. The van der Waals surface area contributed by atoms with Crippen LogP contribution in [0.5, 0.6) is 0 Å². The van der Waals surface area contributed by atoms with E-state index in [1.54, 1.807) is 23.7 Å². The minimum Gasteiger partial charge on any atom is -0.347 e. The Kier molecular flexibility index (Phi) is 4.70. The van der Waals surface area contributed by atoms with Crippen molar-refractivity contribution in [2.24, 2.45) is 5.92 Å². The van der Waals surface area contributed by atoms with Gasteiger partial charge in [-0.3, -0.25) is 4.79 Å². The van der Waals surface area contributed by atoms with Crippen molar-refractivity contribution < 1.29 is 4.79 Å². The van der Waals surface area contributed by atoms with Gasteiger partial charge in [-0.25, -0.2) is 9.97 Å². The van der Waals surface area contributed by atoms with E-state index in [4.69, 9.17) is 0 Å². The lowest BCUT2D eigenvalue weighted by molar-refractivity contribution is 0.0932. The summed E-state index contributed by atoms with van der Waals surface area (Å²) in [6.45, 7) is 4.02. The van der Waals surface area contributed by atoms with Crippen LogP contribution in [0.4, 0.5) is 5.95 Å². The summed E-state index contributed by atoms with van der Waals surface area (Å²) in [7, 11) is 0. The Morgan fingerprint density at radius 3 is 3.00 bits per heavy atom. The average molecular weight is 356 g/mol. The van der Waals surface area contributed by atoms with Crippen LogP contribution in [0.15, 0.2) is 23.8 Å². The topological polar surface area (TPSA) is 58.1 Å². The summed E-state index contributed by atoms with van der Waals surface area (Å²) in [5.41, 5.74) is 2.19. The molecule has 5 nitrogen and oxygen atoms in total. The van der Waals surface area contributed by atoms with Gasteiger partial charge < -0.3 is 10.2 Å². The first-order chi connectivity index (χ1) is 12.2. The van der Waals surface area contributed by atoms with Crippen molar-refractivity contribution in [3.63, 3.8) is 0 Å². The van der Waals surface area contributed by atoms with Gasteiger partial charge in [0.15, 0.2) is 0 Å². The largest absolute Gasteiger partial charge is 0.347 e. The summed E-state index contributed by atoms with van der Waals surface area (Å²) >= 11 is 1.75. The third-order valence-electron chi connectivity index (χ3n) is 5.24. The molecule has 25 heavy (non-hydrogen) atoms. The molecular formula is C19H24N4OS. The minimum atomic E-state index is 0.0906. The van der Waals surface area contributed by atoms with Gasteiger partial charge in [0.25, 0.3) is 5.91 Å². The van der Waals surface area contributed by atoms with E-state index in [1.165, 1.54) is 16.9 Å². The van der Waals surface area contributed by atoms with Gasteiger partial charge in [-0.05, 0) is 49.7 Å². The van der Waals surface area contributed by atoms with E-state index in [2.05, 4.69) is 32.5 Å². The first-order valence-electron chi connectivity index (χ1n) is 9.13. The summed E-state index contributed by atoms with van der Waals surface area (Å²) in [6, 6.07) is 1.98. The number of hydrogen-bond acceptors (Lipinski definition) is 5. The highest BCUT2D eigenvalue weighted by Crippen LogP contribution is 2.32. The predicted octanol–water partition coefficient (Wildman–Crippen LogP) is 3.06. The monoisotopic (exact) mass is 356 g/mol. The quantitative estimate of drug-likeness (QED) is 0.918. The summed E-state index contributed by atoms with van der Waals surface area (Å²) in [4.78, 5) is 25.1. The number of hydrogen-bond donors (Lipinski definition) is 1. The van der Waals surface area contributed by atoms with Crippen LogP contribution in [0.3, 0.4) is 0 Å². The van der Waals surface area contributed by atoms with Crippen LogP contribution in [-0.4, -0.2) is 35.0 Å². The molecule has 0 aromatic carbocycles. The molecule has 0 spiro atoms. The van der Waals surface area contributed by atoms with E-state index in [0.717, 1.165) is 56.2 Å². The maximum atomic E-state index is 12.8.